The lowest BCUT2D eigenvalue weighted by Gasteiger charge is -2.16. The van der Waals surface area contributed by atoms with Crippen molar-refractivity contribution in [1.82, 2.24) is 10.6 Å². The third-order valence-electron chi connectivity index (χ3n) is 4.04. The highest BCUT2D eigenvalue weighted by Gasteiger charge is 2.17. The molecule has 0 bridgehead atoms. The first kappa shape index (κ1) is 23.5. The first-order chi connectivity index (χ1) is 14.3. The van der Waals surface area contributed by atoms with Crippen molar-refractivity contribution in [2.24, 2.45) is 0 Å². The summed E-state index contributed by atoms with van der Waals surface area (Å²) in [6.45, 7) is 4.04. The quantitative estimate of drug-likeness (QED) is 0.506. The molecular weight excluding hydrogens is 429 g/mol. The average molecular weight is 452 g/mol. The van der Waals surface area contributed by atoms with Gasteiger partial charge >= 0.3 is 0 Å². The monoisotopic (exact) mass is 451 g/mol. The minimum Gasteiger partial charge on any atom is -0.479 e. The maximum Gasteiger partial charge on any atom is 0.265 e. The fourth-order valence-electron chi connectivity index (χ4n) is 2.37. The van der Waals surface area contributed by atoms with E-state index in [-0.39, 0.29) is 17.7 Å². The summed E-state index contributed by atoms with van der Waals surface area (Å²) in [5.41, 5.74) is 0.955. The molecule has 30 heavy (non-hydrogen) atoms. The molecule has 2 rings (SSSR count). The van der Waals surface area contributed by atoms with Crippen molar-refractivity contribution in [2.75, 3.05) is 18.4 Å². The van der Waals surface area contributed by atoms with Crippen LogP contribution in [0, 0.1) is 0 Å². The highest BCUT2D eigenvalue weighted by Crippen LogP contribution is 2.28. The Morgan fingerprint density at radius 2 is 1.67 bits per heavy atom. The molecule has 9 heteroatoms. The lowest BCUT2D eigenvalue weighted by molar-refractivity contribution is -0.122. The van der Waals surface area contributed by atoms with E-state index in [0.29, 0.717) is 46.6 Å². The van der Waals surface area contributed by atoms with E-state index in [1.807, 2.05) is 0 Å². The minimum absolute atomic E-state index is 0.0686. The van der Waals surface area contributed by atoms with Gasteiger partial charge in [-0.15, -0.1) is 0 Å². The Bertz CT molecular complexity index is 904. The predicted octanol–water partition coefficient (Wildman–Crippen LogP) is 3.66. The van der Waals surface area contributed by atoms with E-state index < -0.39 is 6.10 Å². The molecule has 0 saturated heterocycles. The van der Waals surface area contributed by atoms with E-state index in [1.165, 1.54) is 6.07 Å². The number of benzene rings is 2. The molecule has 1 unspecified atom stereocenters. The number of ether oxygens (including phenoxy) is 1. The Labute approximate surface area is 185 Å². The topological polar surface area (TPSA) is 96.5 Å². The van der Waals surface area contributed by atoms with Crippen LogP contribution in [0.4, 0.5) is 5.69 Å². The van der Waals surface area contributed by atoms with Crippen molar-refractivity contribution in [2.45, 2.75) is 26.4 Å². The van der Waals surface area contributed by atoms with E-state index in [2.05, 4.69) is 16.0 Å². The summed E-state index contributed by atoms with van der Waals surface area (Å²) in [5, 5.41) is 8.89. The molecule has 0 heterocycles. The molecule has 0 aliphatic rings. The number of carbonyl (C=O) groups is 3. The highest BCUT2D eigenvalue weighted by atomic mass is 35.5. The maximum absolute atomic E-state index is 12.3. The van der Waals surface area contributed by atoms with Crippen LogP contribution < -0.4 is 20.7 Å². The third kappa shape index (κ3) is 7.24. The van der Waals surface area contributed by atoms with Crippen LogP contribution in [-0.2, 0) is 9.59 Å². The van der Waals surface area contributed by atoms with Gasteiger partial charge in [-0.05, 0) is 49.4 Å². The number of hydrogen-bond donors (Lipinski definition) is 3. The second-order valence-electron chi connectivity index (χ2n) is 6.36. The summed E-state index contributed by atoms with van der Waals surface area (Å²) in [7, 11) is 0. The summed E-state index contributed by atoms with van der Waals surface area (Å²) in [5.74, 6) is -0.357. The molecule has 1 atom stereocenters. The van der Waals surface area contributed by atoms with Crippen molar-refractivity contribution in [3.8, 4) is 5.75 Å². The summed E-state index contributed by atoms with van der Waals surface area (Å²) < 4.78 is 5.58. The van der Waals surface area contributed by atoms with Crippen molar-refractivity contribution in [1.29, 1.82) is 0 Å². The molecule has 0 spiro atoms. The van der Waals surface area contributed by atoms with Crippen molar-refractivity contribution >= 4 is 46.6 Å². The van der Waals surface area contributed by atoms with E-state index >= 15 is 0 Å². The second-order valence-corrected chi connectivity index (χ2v) is 7.20. The Kier molecular flexibility index (Phi) is 8.95. The lowest BCUT2D eigenvalue weighted by Crippen LogP contribution is -2.34. The molecule has 3 amide bonds. The molecule has 3 N–H and O–H groups in total. The van der Waals surface area contributed by atoms with E-state index in [9.17, 15) is 14.4 Å². The first-order valence-electron chi connectivity index (χ1n) is 9.37. The fraction of sp³-hybridized carbons (Fsp3) is 0.286. The van der Waals surface area contributed by atoms with Crippen LogP contribution in [0.15, 0.2) is 42.5 Å². The average Bonchev–Trinajstić information content (AvgIpc) is 2.73. The number of hydrogen-bond acceptors (Lipinski definition) is 4. The molecule has 0 fully saturated rings. The number of anilines is 1. The number of rotatable bonds is 9. The van der Waals surface area contributed by atoms with Gasteiger partial charge in [-0.1, -0.05) is 30.1 Å². The predicted molar refractivity (Wildman–Crippen MR) is 117 cm³/mol. The normalized spacial score (nSPS) is 11.3. The van der Waals surface area contributed by atoms with Crippen molar-refractivity contribution in [3.05, 3.63) is 58.1 Å². The van der Waals surface area contributed by atoms with Crippen molar-refractivity contribution < 1.29 is 19.1 Å². The van der Waals surface area contributed by atoms with Crippen LogP contribution in [0.2, 0.25) is 10.0 Å². The Balaban J connectivity index is 1.84. The standard InChI is InChI=1S/C21H23Cl2N3O4/c1-3-19(27)24-10-11-25-21(29)14-4-7-16(8-5-14)26-20(28)13(2)30-18-9-6-15(22)12-17(18)23/h4-9,12-13H,3,10-11H2,1-2H3,(H,24,27)(H,25,29)(H,26,28). The first-order valence-corrected chi connectivity index (χ1v) is 10.1. The molecule has 0 aliphatic heterocycles. The number of halogens is 2. The summed E-state index contributed by atoms with van der Waals surface area (Å²) in [4.78, 5) is 35.6. The molecule has 0 aromatic heterocycles. The van der Waals surface area contributed by atoms with Gasteiger partial charge < -0.3 is 20.7 Å². The second kappa shape index (κ2) is 11.4. The molecule has 160 valence electrons. The van der Waals surface area contributed by atoms with Crippen LogP contribution in [0.1, 0.15) is 30.6 Å². The molecule has 0 radical (unpaired) electrons. The molecule has 2 aromatic rings. The molecule has 2 aromatic carbocycles. The van der Waals surface area contributed by atoms with E-state index in [4.69, 9.17) is 27.9 Å². The maximum atomic E-state index is 12.3. The van der Waals surface area contributed by atoms with Crippen LogP contribution in [-0.4, -0.2) is 36.9 Å². The third-order valence-corrected chi connectivity index (χ3v) is 4.57. The smallest absolute Gasteiger partial charge is 0.265 e. The van der Waals surface area contributed by atoms with Gasteiger partial charge in [0, 0.05) is 35.8 Å². The van der Waals surface area contributed by atoms with Crippen LogP contribution >= 0.6 is 23.2 Å². The van der Waals surface area contributed by atoms with Crippen molar-refractivity contribution in [3.63, 3.8) is 0 Å². The van der Waals surface area contributed by atoms with Gasteiger partial charge in [0.25, 0.3) is 11.8 Å². The Morgan fingerprint density at radius 3 is 2.30 bits per heavy atom. The van der Waals surface area contributed by atoms with Gasteiger partial charge in [0.2, 0.25) is 5.91 Å². The zero-order chi connectivity index (χ0) is 22.1. The molecule has 0 saturated carbocycles. The van der Waals surface area contributed by atoms with Crippen LogP contribution in [0.5, 0.6) is 5.75 Å². The van der Waals surface area contributed by atoms with Crippen LogP contribution in [0.3, 0.4) is 0 Å². The van der Waals surface area contributed by atoms with Gasteiger partial charge in [-0.2, -0.15) is 0 Å². The molecular formula is C21H23Cl2N3O4. The highest BCUT2D eigenvalue weighted by molar-refractivity contribution is 6.35. The number of carbonyl (C=O) groups excluding carboxylic acids is 3. The van der Waals surface area contributed by atoms with Crippen LogP contribution in [0.25, 0.3) is 0 Å². The number of amides is 3. The van der Waals surface area contributed by atoms with E-state index in [0.717, 1.165) is 0 Å². The van der Waals surface area contributed by atoms with E-state index in [1.54, 1.807) is 50.2 Å². The number of nitrogens with one attached hydrogen (secondary N) is 3. The Hall–Kier alpha value is -2.77. The Morgan fingerprint density at radius 1 is 1.00 bits per heavy atom. The van der Waals surface area contributed by atoms with Gasteiger partial charge in [0.1, 0.15) is 5.75 Å². The zero-order valence-electron chi connectivity index (χ0n) is 16.6. The summed E-state index contributed by atoms with van der Waals surface area (Å²) >= 11 is 11.9. The molecule has 7 nitrogen and oxygen atoms in total. The largest absolute Gasteiger partial charge is 0.479 e. The fourth-order valence-corrected chi connectivity index (χ4v) is 2.82. The summed E-state index contributed by atoms with van der Waals surface area (Å²) in [6.07, 6.45) is -0.401. The van der Waals surface area contributed by atoms with Gasteiger partial charge in [0.05, 0.1) is 5.02 Å². The minimum atomic E-state index is -0.801. The summed E-state index contributed by atoms with van der Waals surface area (Å²) in [6, 6.07) is 11.2. The van der Waals surface area contributed by atoms with Gasteiger partial charge in [-0.25, -0.2) is 0 Å². The lowest BCUT2D eigenvalue weighted by atomic mass is 10.2. The molecule has 0 aliphatic carbocycles. The zero-order valence-corrected chi connectivity index (χ0v) is 18.1. The SMILES string of the molecule is CCC(=O)NCCNC(=O)c1ccc(NC(=O)C(C)Oc2ccc(Cl)cc2Cl)cc1. The van der Waals surface area contributed by atoms with Gasteiger partial charge in [0.15, 0.2) is 6.10 Å². The van der Waals surface area contributed by atoms with Gasteiger partial charge in [-0.3, -0.25) is 14.4 Å².